The lowest BCUT2D eigenvalue weighted by atomic mass is 9.96. The Hall–Kier alpha value is -4.50. The number of fused-ring (bicyclic) bond motifs is 2. The fraction of sp³-hybridized carbons (Fsp3) is 0.290. The lowest BCUT2D eigenvalue weighted by Crippen LogP contribution is -2.60. The molecule has 2 fully saturated rings. The quantitative estimate of drug-likeness (QED) is 0.261. The number of hydrogen-bond acceptors (Lipinski definition) is 8. The van der Waals surface area contributed by atoms with E-state index in [-0.39, 0.29) is 24.1 Å². The fourth-order valence-corrected chi connectivity index (χ4v) is 5.38. The number of carbonyl (C=O) groups is 2. The molecule has 2 N–H and O–H groups in total. The molecule has 0 saturated carbocycles. The van der Waals surface area contributed by atoms with E-state index in [0.717, 1.165) is 65.3 Å². The molecular weight excluding hydrogens is 504 g/mol. The molecule has 204 valence electrons. The van der Waals surface area contributed by atoms with E-state index in [1.807, 2.05) is 66.4 Å². The first-order chi connectivity index (χ1) is 19.4. The number of anilines is 1. The molecule has 6 rings (SSSR count). The summed E-state index contributed by atoms with van der Waals surface area (Å²) in [7, 11) is 4.06. The van der Waals surface area contributed by atoms with Gasteiger partial charge in [0.2, 0.25) is 5.91 Å². The molecule has 2 aliphatic heterocycles. The van der Waals surface area contributed by atoms with Crippen molar-refractivity contribution in [2.75, 3.05) is 52.1 Å². The lowest BCUT2D eigenvalue weighted by molar-refractivity contribution is -0.135. The molecule has 2 saturated heterocycles. The number of phenolic OH excluding ortho intramolecular Hbond substituents is 1. The molecule has 2 aliphatic rings. The topological polar surface area (TPSA) is 102 Å². The van der Waals surface area contributed by atoms with Crippen molar-refractivity contribution in [3.05, 3.63) is 72.7 Å². The largest absolute Gasteiger partial charge is 0.508 e. The molecule has 3 heterocycles. The van der Waals surface area contributed by atoms with Crippen LogP contribution in [-0.2, 0) is 9.59 Å². The standard InChI is InChI=1S/C31H32N6O3/c1-35(2)23-18-37(19-23)29(40)15-32-31-27-13-21(26-14-24(39)12-20-6-3-4-7-25(20)26)8-9-28(27)33-30(34-31)22-16-36(17-22)10-5-11-38/h3-14,22-23,39H,15-19H2,1-2H3,(H,32,33,34). The summed E-state index contributed by atoms with van der Waals surface area (Å²) in [5.74, 6) is 1.70. The highest BCUT2D eigenvalue weighted by molar-refractivity contribution is 6.01. The number of hydrogen-bond donors (Lipinski definition) is 2. The van der Waals surface area contributed by atoms with Gasteiger partial charge in [-0.25, -0.2) is 9.97 Å². The van der Waals surface area contributed by atoms with Gasteiger partial charge in [0.15, 0.2) is 0 Å². The molecule has 0 radical (unpaired) electrons. The van der Waals surface area contributed by atoms with Crippen molar-refractivity contribution in [1.29, 1.82) is 0 Å². The summed E-state index contributed by atoms with van der Waals surface area (Å²) >= 11 is 0. The van der Waals surface area contributed by atoms with Crippen LogP contribution in [0.15, 0.2) is 66.9 Å². The Bertz CT molecular complexity index is 1620. The van der Waals surface area contributed by atoms with Crippen LogP contribution >= 0.6 is 0 Å². The number of nitrogens with zero attached hydrogens (tertiary/aromatic N) is 5. The zero-order valence-electron chi connectivity index (χ0n) is 22.6. The molecule has 9 heteroatoms. The maximum absolute atomic E-state index is 12.9. The molecule has 9 nitrogen and oxygen atoms in total. The number of rotatable bonds is 8. The van der Waals surface area contributed by atoms with Gasteiger partial charge in [-0.3, -0.25) is 9.59 Å². The molecule has 1 amide bonds. The van der Waals surface area contributed by atoms with Crippen LogP contribution in [0.5, 0.6) is 5.75 Å². The second-order valence-corrected chi connectivity index (χ2v) is 10.8. The smallest absolute Gasteiger partial charge is 0.242 e. The zero-order chi connectivity index (χ0) is 27.8. The number of allylic oxidation sites excluding steroid dienone is 1. The van der Waals surface area contributed by atoms with Crippen LogP contribution in [0.25, 0.3) is 32.8 Å². The van der Waals surface area contributed by atoms with E-state index in [1.165, 1.54) is 6.08 Å². The van der Waals surface area contributed by atoms with Crippen LogP contribution in [0.2, 0.25) is 0 Å². The van der Waals surface area contributed by atoms with E-state index in [1.54, 1.807) is 18.3 Å². The third kappa shape index (κ3) is 4.96. The van der Waals surface area contributed by atoms with Crippen LogP contribution in [0.1, 0.15) is 11.7 Å². The van der Waals surface area contributed by atoms with Crippen molar-refractivity contribution in [1.82, 2.24) is 24.7 Å². The number of benzene rings is 3. The van der Waals surface area contributed by atoms with Gasteiger partial charge in [-0.2, -0.15) is 0 Å². The van der Waals surface area contributed by atoms with Crippen LogP contribution < -0.4 is 5.32 Å². The number of carbonyl (C=O) groups excluding carboxylic acids is 2. The highest BCUT2D eigenvalue weighted by atomic mass is 16.3. The maximum Gasteiger partial charge on any atom is 0.242 e. The monoisotopic (exact) mass is 536 g/mol. The van der Waals surface area contributed by atoms with Crippen LogP contribution in [0.3, 0.4) is 0 Å². The summed E-state index contributed by atoms with van der Waals surface area (Å²) in [6.07, 6.45) is 4.03. The fourth-order valence-electron chi connectivity index (χ4n) is 5.38. The second-order valence-electron chi connectivity index (χ2n) is 10.8. The summed E-state index contributed by atoms with van der Waals surface area (Å²) in [5.41, 5.74) is 2.62. The number of nitrogens with one attached hydrogen (secondary N) is 1. The minimum absolute atomic E-state index is 0.0374. The Morgan fingerprint density at radius 1 is 1.05 bits per heavy atom. The van der Waals surface area contributed by atoms with E-state index in [2.05, 4.69) is 10.2 Å². The van der Waals surface area contributed by atoms with Crippen LogP contribution in [0.4, 0.5) is 5.82 Å². The summed E-state index contributed by atoms with van der Waals surface area (Å²) in [6, 6.07) is 17.9. The van der Waals surface area contributed by atoms with Crippen molar-refractivity contribution in [3.63, 3.8) is 0 Å². The average molecular weight is 537 g/mol. The molecule has 0 atom stereocenters. The molecule has 0 spiro atoms. The molecule has 0 bridgehead atoms. The van der Waals surface area contributed by atoms with E-state index >= 15 is 0 Å². The summed E-state index contributed by atoms with van der Waals surface area (Å²) < 4.78 is 0. The Balaban J connectivity index is 1.34. The number of phenols is 1. The zero-order valence-corrected chi connectivity index (χ0v) is 22.6. The molecule has 1 aromatic heterocycles. The molecule has 4 aromatic rings. The van der Waals surface area contributed by atoms with Crippen molar-refractivity contribution in [2.45, 2.75) is 12.0 Å². The van der Waals surface area contributed by atoms with Gasteiger partial charge in [0.25, 0.3) is 0 Å². The first kappa shape index (κ1) is 25.8. The van der Waals surface area contributed by atoms with E-state index < -0.39 is 0 Å². The summed E-state index contributed by atoms with van der Waals surface area (Å²) in [6.45, 7) is 3.04. The minimum atomic E-state index is 0.0374. The number of likely N-dealkylation sites (N-methyl/N-ethyl adjacent to an activating group) is 1. The predicted octanol–water partition coefficient (Wildman–Crippen LogP) is 3.45. The van der Waals surface area contributed by atoms with Crippen molar-refractivity contribution in [3.8, 4) is 16.9 Å². The molecule has 3 aromatic carbocycles. The minimum Gasteiger partial charge on any atom is -0.508 e. The van der Waals surface area contributed by atoms with Gasteiger partial charge in [0.1, 0.15) is 23.7 Å². The first-order valence-electron chi connectivity index (χ1n) is 13.5. The first-order valence-corrected chi connectivity index (χ1v) is 13.5. The number of amides is 1. The Morgan fingerprint density at radius 2 is 1.85 bits per heavy atom. The SMILES string of the molecule is CN(C)C1CN(C(=O)CNc2nc(C3CN(C=CC=O)C3)nc3ccc(-c4cc(O)cc5ccccc45)cc23)C1. The number of aromatic nitrogens is 2. The number of aromatic hydroxyl groups is 1. The average Bonchev–Trinajstić information content (AvgIpc) is 2.89. The third-order valence-electron chi connectivity index (χ3n) is 7.87. The number of aldehydes is 1. The van der Waals surface area contributed by atoms with Crippen molar-refractivity contribution < 1.29 is 14.7 Å². The van der Waals surface area contributed by atoms with E-state index in [4.69, 9.17) is 9.97 Å². The highest BCUT2D eigenvalue weighted by Gasteiger charge is 2.32. The maximum atomic E-state index is 12.9. The Morgan fingerprint density at radius 3 is 2.62 bits per heavy atom. The van der Waals surface area contributed by atoms with E-state index in [9.17, 15) is 14.7 Å². The van der Waals surface area contributed by atoms with Crippen LogP contribution in [0, 0.1) is 0 Å². The Kier molecular flexibility index (Phi) is 6.81. The molecule has 0 unspecified atom stereocenters. The Labute approximate surface area is 232 Å². The van der Waals surface area contributed by atoms with Gasteiger partial charge in [-0.15, -0.1) is 0 Å². The predicted molar refractivity (Wildman–Crippen MR) is 156 cm³/mol. The van der Waals surface area contributed by atoms with Crippen LogP contribution in [-0.4, -0.2) is 94.8 Å². The summed E-state index contributed by atoms with van der Waals surface area (Å²) in [5, 5.41) is 16.5. The number of likely N-dealkylation sites (tertiary alicyclic amines) is 2. The molecular formula is C31H32N6O3. The third-order valence-corrected chi connectivity index (χ3v) is 7.87. The normalized spacial score (nSPS) is 16.1. The van der Waals surface area contributed by atoms with Crippen molar-refractivity contribution >= 4 is 39.7 Å². The van der Waals surface area contributed by atoms with Gasteiger partial charge < -0.3 is 25.1 Å². The lowest BCUT2D eigenvalue weighted by Gasteiger charge is -2.42. The van der Waals surface area contributed by atoms with Crippen molar-refractivity contribution in [2.24, 2.45) is 0 Å². The second kappa shape index (κ2) is 10.6. The van der Waals surface area contributed by atoms with E-state index in [0.29, 0.717) is 17.7 Å². The van der Waals surface area contributed by atoms with Gasteiger partial charge in [-0.1, -0.05) is 30.3 Å². The van der Waals surface area contributed by atoms with Gasteiger partial charge >= 0.3 is 0 Å². The summed E-state index contributed by atoms with van der Waals surface area (Å²) in [4.78, 5) is 39.4. The van der Waals surface area contributed by atoms with Gasteiger partial charge in [-0.05, 0) is 66.3 Å². The van der Waals surface area contributed by atoms with Gasteiger partial charge in [0.05, 0.1) is 18.0 Å². The highest BCUT2D eigenvalue weighted by Crippen LogP contribution is 2.36. The molecule has 0 aliphatic carbocycles. The molecule has 40 heavy (non-hydrogen) atoms. The van der Waals surface area contributed by atoms with Gasteiger partial charge in [0, 0.05) is 43.8 Å².